The van der Waals surface area contributed by atoms with Crippen LogP contribution in [0.15, 0.2) is 63.5 Å². The molecular weight excluding hydrogens is 586 g/mol. The third kappa shape index (κ3) is 6.56. The van der Waals surface area contributed by atoms with E-state index in [0.717, 1.165) is 5.56 Å². The number of morpholine rings is 1. The van der Waals surface area contributed by atoms with E-state index < -0.39 is 12.0 Å². The minimum absolute atomic E-state index is 0.124. The number of hydrogen-bond acceptors (Lipinski definition) is 10. The van der Waals surface area contributed by atoms with Crippen LogP contribution in [0.3, 0.4) is 0 Å². The molecule has 0 unspecified atom stereocenters. The fourth-order valence-corrected chi connectivity index (χ4v) is 6.10. The molecule has 12 heteroatoms. The zero-order valence-electron chi connectivity index (χ0n) is 25.3. The maximum Gasteiger partial charge on any atom is 0.338 e. The van der Waals surface area contributed by atoms with Gasteiger partial charge in [-0.2, -0.15) is 0 Å². The molecule has 2 aliphatic heterocycles. The van der Waals surface area contributed by atoms with Gasteiger partial charge in [-0.3, -0.25) is 14.2 Å². The molecule has 1 saturated heterocycles. The summed E-state index contributed by atoms with van der Waals surface area (Å²) in [7, 11) is 3.09. The van der Waals surface area contributed by atoms with E-state index in [2.05, 4.69) is 4.99 Å². The van der Waals surface area contributed by atoms with Gasteiger partial charge in [-0.15, -0.1) is 0 Å². The highest BCUT2D eigenvalue weighted by Crippen LogP contribution is 2.32. The average molecular weight is 622 g/mol. The number of benzene rings is 2. The van der Waals surface area contributed by atoms with E-state index in [4.69, 9.17) is 23.7 Å². The van der Waals surface area contributed by atoms with Crippen molar-refractivity contribution in [2.24, 2.45) is 4.99 Å². The number of hydrogen-bond donors (Lipinski definition) is 0. The van der Waals surface area contributed by atoms with Crippen LogP contribution in [0.25, 0.3) is 6.08 Å². The molecule has 3 aromatic rings. The van der Waals surface area contributed by atoms with Crippen molar-refractivity contribution in [1.29, 1.82) is 0 Å². The van der Waals surface area contributed by atoms with Crippen LogP contribution in [0.4, 0.5) is 0 Å². The number of fused-ring (bicyclic) bond motifs is 1. The fourth-order valence-electron chi connectivity index (χ4n) is 5.05. The molecule has 11 nitrogen and oxygen atoms in total. The first-order valence-electron chi connectivity index (χ1n) is 14.2. The number of nitrogens with zero attached hydrogens (tertiary/aromatic N) is 3. The van der Waals surface area contributed by atoms with Crippen molar-refractivity contribution in [3.05, 3.63) is 84.5 Å². The maximum atomic E-state index is 13.9. The Kier molecular flexibility index (Phi) is 9.50. The lowest BCUT2D eigenvalue weighted by molar-refractivity contribution is -0.143. The molecule has 5 rings (SSSR count). The molecule has 1 fully saturated rings. The number of allylic oxidation sites excluding steroid dienone is 1. The zero-order chi connectivity index (χ0) is 31.4. The molecule has 0 radical (unpaired) electrons. The summed E-state index contributed by atoms with van der Waals surface area (Å²) < 4.78 is 29.5. The molecule has 1 amide bonds. The van der Waals surface area contributed by atoms with Crippen molar-refractivity contribution in [2.75, 3.05) is 47.1 Å². The van der Waals surface area contributed by atoms with Crippen molar-refractivity contribution >= 4 is 29.3 Å². The van der Waals surface area contributed by atoms with Gasteiger partial charge in [0.2, 0.25) is 0 Å². The fraction of sp³-hybridized carbons (Fsp3) is 0.375. The Bertz CT molecular complexity index is 1750. The minimum Gasteiger partial charge on any atom is -0.497 e. The summed E-state index contributed by atoms with van der Waals surface area (Å²) in [4.78, 5) is 46.6. The summed E-state index contributed by atoms with van der Waals surface area (Å²) in [5.41, 5.74) is 1.90. The number of carbonyl (C=O) groups is 2. The third-order valence-corrected chi connectivity index (χ3v) is 8.20. The van der Waals surface area contributed by atoms with Crippen molar-refractivity contribution in [2.45, 2.75) is 32.9 Å². The second kappa shape index (κ2) is 13.5. The summed E-state index contributed by atoms with van der Waals surface area (Å²) in [6.45, 7) is 7.27. The van der Waals surface area contributed by atoms with Crippen LogP contribution >= 0.6 is 11.3 Å². The predicted molar refractivity (Wildman–Crippen MR) is 164 cm³/mol. The number of aromatic nitrogens is 1. The summed E-state index contributed by atoms with van der Waals surface area (Å²) in [5.74, 6) is 0.839. The van der Waals surface area contributed by atoms with Gasteiger partial charge < -0.3 is 28.6 Å². The van der Waals surface area contributed by atoms with Gasteiger partial charge in [-0.25, -0.2) is 9.79 Å². The zero-order valence-corrected chi connectivity index (χ0v) is 26.1. The van der Waals surface area contributed by atoms with Gasteiger partial charge in [0.1, 0.15) is 5.75 Å². The second-order valence-electron chi connectivity index (χ2n) is 10.5. The molecule has 0 spiro atoms. The van der Waals surface area contributed by atoms with Crippen LogP contribution in [0.2, 0.25) is 0 Å². The highest BCUT2D eigenvalue weighted by molar-refractivity contribution is 7.07. The van der Waals surface area contributed by atoms with E-state index in [-0.39, 0.29) is 24.2 Å². The maximum absolute atomic E-state index is 13.9. The summed E-state index contributed by atoms with van der Waals surface area (Å²) in [6.07, 6.45) is 1.40. The lowest BCUT2D eigenvalue weighted by Gasteiger charge is -2.26. The van der Waals surface area contributed by atoms with E-state index in [9.17, 15) is 14.4 Å². The van der Waals surface area contributed by atoms with Crippen molar-refractivity contribution in [3.8, 4) is 17.2 Å². The molecule has 0 saturated carbocycles. The Morgan fingerprint density at radius 1 is 1.07 bits per heavy atom. The predicted octanol–water partition coefficient (Wildman–Crippen LogP) is 2.44. The van der Waals surface area contributed by atoms with Gasteiger partial charge in [0.15, 0.2) is 22.9 Å². The quantitative estimate of drug-likeness (QED) is 0.335. The van der Waals surface area contributed by atoms with Crippen molar-refractivity contribution < 1.29 is 33.3 Å². The first-order chi connectivity index (χ1) is 21.2. The molecule has 1 atom stereocenters. The van der Waals surface area contributed by atoms with Gasteiger partial charge in [0, 0.05) is 13.1 Å². The summed E-state index contributed by atoms with van der Waals surface area (Å²) in [6, 6.07) is 11.7. The smallest absolute Gasteiger partial charge is 0.338 e. The normalized spacial score (nSPS) is 16.8. The van der Waals surface area contributed by atoms with E-state index >= 15 is 0 Å². The largest absolute Gasteiger partial charge is 0.497 e. The second-order valence-corrected chi connectivity index (χ2v) is 11.5. The molecule has 44 heavy (non-hydrogen) atoms. The van der Waals surface area contributed by atoms with Crippen LogP contribution < -0.4 is 29.1 Å². The molecule has 232 valence electrons. The molecule has 2 aliphatic rings. The Morgan fingerprint density at radius 3 is 2.45 bits per heavy atom. The number of carbonyl (C=O) groups excluding carboxylic acids is 2. The van der Waals surface area contributed by atoms with Gasteiger partial charge >= 0.3 is 5.97 Å². The molecule has 1 aromatic heterocycles. The van der Waals surface area contributed by atoms with Crippen molar-refractivity contribution in [3.63, 3.8) is 0 Å². The standard InChI is InChI=1S/C32H35N3O8S/c1-19(2)43-31(38)28-20(3)33-32-35(29(28)22-7-9-23(39-4)10-8-22)30(37)26(44-32)17-21-6-11-24(25(16-21)40-5)42-18-27(36)34-12-14-41-15-13-34/h6-11,16-17,19,29H,12-15,18H2,1-5H3/b26-17+/t29-/m0/s1. The average Bonchev–Trinajstić information content (AvgIpc) is 3.33. The van der Waals surface area contributed by atoms with Crippen LogP contribution in [-0.4, -0.2) is 74.6 Å². The van der Waals surface area contributed by atoms with Crippen LogP contribution in [-0.2, 0) is 19.1 Å². The van der Waals surface area contributed by atoms with Gasteiger partial charge in [-0.05, 0) is 62.2 Å². The molecule has 2 aromatic carbocycles. The number of rotatable bonds is 9. The Balaban J connectivity index is 1.49. The van der Waals surface area contributed by atoms with Gasteiger partial charge in [-0.1, -0.05) is 29.5 Å². The highest BCUT2D eigenvalue weighted by atomic mass is 32.1. The van der Waals surface area contributed by atoms with E-state index in [0.29, 0.717) is 69.7 Å². The van der Waals surface area contributed by atoms with Crippen LogP contribution in [0, 0.1) is 0 Å². The summed E-state index contributed by atoms with van der Waals surface area (Å²) in [5, 5.41) is 0. The summed E-state index contributed by atoms with van der Waals surface area (Å²) >= 11 is 1.23. The van der Waals surface area contributed by atoms with Crippen LogP contribution in [0.5, 0.6) is 17.2 Å². The van der Waals surface area contributed by atoms with Crippen LogP contribution in [0.1, 0.15) is 37.9 Å². The first kappa shape index (κ1) is 31.0. The minimum atomic E-state index is -0.736. The van der Waals surface area contributed by atoms with E-state index in [1.54, 1.807) is 69.2 Å². The topological polar surface area (TPSA) is 118 Å². The molecule has 0 aliphatic carbocycles. The SMILES string of the molecule is COc1ccc([C@H]2C(C(=O)OC(C)C)=C(C)N=c3s/c(=C/c4ccc(OCC(=O)N5CCOCC5)c(OC)c4)c(=O)n32)cc1. The molecule has 3 heterocycles. The lowest BCUT2D eigenvalue weighted by atomic mass is 9.96. The molecular formula is C32H35N3O8S. The number of ether oxygens (including phenoxy) is 5. The Morgan fingerprint density at radius 2 is 1.80 bits per heavy atom. The highest BCUT2D eigenvalue weighted by Gasteiger charge is 2.34. The molecule has 0 N–H and O–H groups in total. The number of methoxy groups -OCH3 is 2. The van der Waals surface area contributed by atoms with E-state index in [1.165, 1.54) is 23.0 Å². The number of thiazole rings is 1. The number of amides is 1. The van der Waals surface area contributed by atoms with Gasteiger partial charge in [0.05, 0.1) is 55.4 Å². The first-order valence-corrected chi connectivity index (χ1v) is 15.1. The molecule has 0 bridgehead atoms. The van der Waals surface area contributed by atoms with Crippen molar-refractivity contribution in [1.82, 2.24) is 9.47 Å². The van der Waals surface area contributed by atoms with Gasteiger partial charge in [0.25, 0.3) is 11.5 Å². The third-order valence-electron chi connectivity index (χ3n) is 7.22. The Hall–Kier alpha value is -4.42. The lowest BCUT2D eigenvalue weighted by Crippen LogP contribution is -2.43. The Labute approximate surface area is 258 Å². The van der Waals surface area contributed by atoms with E-state index in [1.807, 2.05) is 12.1 Å². The monoisotopic (exact) mass is 621 g/mol. The number of esters is 1.